The lowest BCUT2D eigenvalue weighted by Gasteiger charge is -2.26. The molecule has 10 heteroatoms. The first kappa shape index (κ1) is 31.4. The predicted molar refractivity (Wildman–Crippen MR) is 148 cm³/mol. The van der Waals surface area contributed by atoms with Gasteiger partial charge in [0.1, 0.15) is 23.9 Å². The minimum atomic E-state index is -4.65. The van der Waals surface area contributed by atoms with Gasteiger partial charge in [-0.15, -0.1) is 0 Å². The van der Waals surface area contributed by atoms with Crippen LogP contribution in [0.2, 0.25) is 0 Å². The van der Waals surface area contributed by atoms with Crippen LogP contribution < -0.4 is 14.8 Å². The van der Waals surface area contributed by atoms with Crippen LogP contribution in [0, 0.1) is 11.7 Å². The standard InChI is InChI=1S/C31H33F4NO5/c1-4-19(2)27(36-22-11-8-20(9-12-22)28(37)6-5-7-30(38)39)18-41-23-13-15-25(29(17-23)40-3)24-14-10-21(16-26(24)32)31(33,34)35/h8-17,19,27,36H,4-7,18H2,1-3H3,(H,38,39)/t19-,27+/m0/s1. The minimum Gasteiger partial charge on any atom is -0.496 e. The van der Waals surface area contributed by atoms with E-state index in [9.17, 15) is 27.2 Å². The van der Waals surface area contributed by atoms with Crippen molar-refractivity contribution in [2.45, 2.75) is 51.7 Å². The smallest absolute Gasteiger partial charge is 0.416 e. The quantitative estimate of drug-likeness (QED) is 0.150. The van der Waals surface area contributed by atoms with Gasteiger partial charge in [-0.25, -0.2) is 4.39 Å². The van der Waals surface area contributed by atoms with Crippen molar-refractivity contribution >= 4 is 17.4 Å². The van der Waals surface area contributed by atoms with Gasteiger partial charge in [0.25, 0.3) is 0 Å². The number of Topliss-reactive ketones (excluding diaryl/α,β-unsaturated/α-hetero) is 1. The Balaban J connectivity index is 1.70. The number of carboxylic acids is 1. The summed E-state index contributed by atoms with van der Waals surface area (Å²) in [5, 5.41) is 12.2. The number of ketones is 1. The zero-order valence-corrected chi connectivity index (χ0v) is 23.1. The normalized spacial score (nSPS) is 12.9. The number of carboxylic acid groups (broad SMARTS) is 1. The Kier molecular flexibility index (Phi) is 10.7. The minimum absolute atomic E-state index is 0.0237. The molecule has 0 spiro atoms. The van der Waals surface area contributed by atoms with Gasteiger partial charge in [-0.1, -0.05) is 26.3 Å². The van der Waals surface area contributed by atoms with E-state index in [4.69, 9.17) is 14.6 Å². The molecule has 0 fully saturated rings. The fraction of sp³-hybridized carbons (Fsp3) is 0.355. The van der Waals surface area contributed by atoms with Gasteiger partial charge in [0.2, 0.25) is 0 Å². The number of ether oxygens (including phenoxy) is 2. The lowest BCUT2D eigenvalue weighted by molar-refractivity contribution is -0.138. The molecule has 0 aliphatic rings. The van der Waals surface area contributed by atoms with E-state index in [0.717, 1.165) is 24.2 Å². The molecule has 0 amide bonds. The van der Waals surface area contributed by atoms with Crippen molar-refractivity contribution in [3.8, 4) is 22.6 Å². The molecule has 0 heterocycles. The van der Waals surface area contributed by atoms with Crippen LogP contribution in [0.3, 0.4) is 0 Å². The maximum absolute atomic E-state index is 14.6. The highest BCUT2D eigenvalue weighted by atomic mass is 19.4. The first-order valence-electron chi connectivity index (χ1n) is 13.2. The zero-order valence-electron chi connectivity index (χ0n) is 23.1. The fourth-order valence-corrected chi connectivity index (χ4v) is 4.22. The maximum atomic E-state index is 14.6. The van der Waals surface area contributed by atoms with E-state index in [1.165, 1.54) is 13.2 Å². The van der Waals surface area contributed by atoms with Crippen molar-refractivity contribution in [3.05, 3.63) is 77.6 Å². The topological polar surface area (TPSA) is 84.9 Å². The molecule has 41 heavy (non-hydrogen) atoms. The summed E-state index contributed by atoms with van der Waals surface area (Å²) in [7, 11) is 1.38. The molecule has 0 bridgehead atoms. The molecule has 2 N–H and O–H groups in total. The van der Waals surface area contributed by atoms with Crippen LogP contribution in [0.15, 0.2) is 60.7 Å². The van der Waals surface area contributed by atoms with E-state index >= 15 is 0 Å². The van der Waals surface area contributed by atoms with Gasteiger partial charge in [0.05, 0.1) is 18.7 Å². The molecule has 0 radical (unpaired) electrons. The second-order valence-electron chi connectivity index (χ2n) is 9.75. The highest BCUT2D eigenvalue weighted by molar-refractivity contribution is 5.96. The summed E-state index contributed by atoms with van der Waals surface area (Å²) in [6.07, 6.45) is -3.40. The molecule has 3 aromatic rings. The Morgan fingerprint density at radius 3 is 2.24 bits per heavy atom. The average Bonchev–Trinajstić information content (AvgIpc) is 2.94. The number of rotatable bonds is 14. The maximum Gasteiger partial charge on any atom is 0.416 e. The van der Waals surface area contributed by atoms with E-state index in [1.54, 1.807) is 36.4 Å². The molecule has 0 saturated heterocycles. The predicted octanol–water partition coefficient (Wildman–Crippen LogP) is 7.86. The molecule has 3 aromatic carbocycles. The molecule has 3 rings (SSSR count). The van der Waals surface area contributed by atoms with Gasteiger partial charge in [-0.3, -0.25) is 9.59 Å². The summed E-state index contributed by atoms with van der Waals surface area (Å²) in [6.45, 7) is 4.38. The number of halogens is 4. The van der Waals surface area contributed by atoms with Gasteiger partial charge in [0.15, 0.2) is 5.78 Å². The number of aliphatic carboxylic acids is 1. The highest BCUT2D eigenvalue weighted by Gasteiger charge is 2.31. The Bertz CT molecular complexity index is 1340. The van der Waals surface area contributed by atoms with E-state index in [0.29, 0.717) is 22.9 Å². The van der Waals surface area contributed by atoms with Crippen LogP contribution in [0.1, 0.15) is 55.5 Å². The van der Waals surface area contributed by atoms with Gasteiger partial charge in [-0.05, 0) is 60.9 Å². The number of carbonyl (C=O) groups excluding carboxylic acids is 1. The van der Waals surface area contributed by atoms with E-state index in [1.807, 2.05) is 0 Å². The Morgan fingerprint density at radius 2 is 1.66 bits per heavy atom. The summed E-state index contributed by atoms with van der Waals surface area (Å²) in [5.74, 6) is -1.17. The molecule has 0 aliphatic heterocycles. The molecule has 0 aliphatic carbocycles. The SMILES string of the molecule is CC[C@H](C)[C@@H](COc1ccc(-c2ccc(C(F)(F)F)cc2F)c(OC)c1)Nc1ccc(C(=O)CCCC(=O)O)cc1. The number of benzene rings is 3. The monoisotopic (exact) mass is 575 g/mol. The third kappa shape index (κ3) is 8.70. The summed E-state index contributed by atoms with van der Waals surface area (Å²) >= 11 is 0. The fourth-order valence-electron chi connectivity index (χ4n) is 4.22. The van der Waals surface area contributed by atoms with Gasteiger partial charge >= 0.3 is 12.1 Å². The third-order valence-electron chi connectivity index (χ3n) is 6.87. The van der Waals surface area contributed by atoms with Crippen LogP contribution in [0.4, 0.5) is 23.2 Å². The van der Waals surface area contributed by atoms with Crippen molar-refractivity contribution in [3.63, 3.8) is 0 Å². The second-order valence-corrected chi connectivity index (χ2v) is 9.75. The van der Waals surface area contributed by atoms with Gasteiger partial charge in [0, 0.05) is 41.3 Å². The van der Waals surface area contributed by atoms with Gasteiger partial charge in [-0.2, -0.15) is 13.2 Å². The number of nitrogens with one attached hydrogen (secondary N) is 1. The number of alkyl halides is 3. The number of hydrogen-bond donors (Lipinski definition) is 2. The number of methoxy groups -OCH3 is 1. The summed E-state index contributed by atoms with van der Waals surface area (Å²) in [4.78, 5) is 23.0. The number of anilines is 1. The Morgan fingerprint density at radius 1 is 0.976 bits per heavy atom. The summed E-state index contributed by atoms with van der Waals surface area (Å²) in [6, 6.07) is 13.9. The molecule has 2 atom stereocenters. The largest absolute Gasteiger partial charge is 0.496 e. The highest BCUT2D eigenvalue weighted by Crippen LogP contribution is 2.37. The van der Waals surface area contributed by atoms with Crippen molar-refractivity contribution < 1.29 is 41.7 Å². The molecule has 0 saturated carbocycles. The average molecular weight is 576 g/mol. The second kappa shape index (κ2) is 14.0. The lowest BCUT2D eigenvalue weighted by atomic mass is 9.99. The van der Waals surface area contributed by atoms with Crippen LogP contribution in [-0.4, -0.2) is 36.6 Å². The van der Waals surface area contributed by atoms with Crippen LogP contribution in [0.5, 0.6) is 11.5 Å². The third-order valence-corrected chi connectivity index (χ3v) is 6.87. The van der Waals surface area contributed by atoms with Crippen LogP contribution in [0.25, 0.3) is 11.1 Å². The summed E-state index contributed by atoms with van der Waals surface area (Å²) < 4.78 is 64.8. The zero-order chi connectivity index (χ0) is 30.2. The van der Waals surface area contributed by atoms with E-state index in [-0.39, 0.29) is 54.9 Å². The Labute approximate surface area is 236 Å². The molecule has 220 valence electrons. The van der Waals surface area contributed by atoms with Crippen molar-refractivity contribution in [2.24, 2.45) is 5.92 Å². The number of carbonyl (C=O) groups is 2. The molecule has 0 aromatic heterocycles. The first-order valence-corrected chi connectivity index (χ1v) is 13.2. The lowest BCUT2D eigenvalue weighted by Crippen LogP contribution is -2.33. The van der Waals surface area contributed by atoms with Crippen LogP contribution in [-0.2, 0) is 11.0 Å². The Hall–Kier alpha value is -4.08. The van der Waals surface area contributed by atoms with Crippen molar-refractivity contribution in [2.75, 3.05) is 19.0 Å². The molecule has 0 unspecified atom stereocenters. The number of hydrogen-bond acceptors (Lipinski definition) is 5. The molecule has 6 nitrogen and oxygen atoms in total. The molecular formula is C31H33F4NO5. The van der Waals surface area contributed by atoms with E-state index in [2.05, 4.69) is 19.2 Å². The van der Waals surface area contributed by atoms with E-state index < -0.39 is 23.5 Å². The van der Waals surface area contributed by atoms with Crippen LogP contribution >= 0.6 is 0 Å². The first-order chi connectivity index (χ1) is 19.4. The molecular weight excluding hydrogens is 542 g/mol. The van der Waals surface area contributed by atoms with Gasteiger partial charge < -0.3 is 19.9 Å². The van der Waals surface area contributed by atoms with Crippen molar-refractivity contribution in [1.29, 1.82) is 0 Å². The summed E-state index contributed by atoms with van der Waals surface area (Å²) in [5.41, 5.74) is 0.489. The van der Waals surface area contributed by atoms with Crippen molar-refractivity contribution in [1.82, 2.24) is 0 Å².